The number of aromatic nitrogens is 3. The fourth-order valence-electron chi connectivity index (χ4n) is 3.32. The van der Waals surface area contributed by atoms with E-state index in [9.17, 15) is 4.79 Å². The molecule has 0 aliphatic carbocycles. The first kappa shape index (κ1) is 16.2. The molecule has 5 heteroatoms. The van der Waals surface area contributed by atoms with Crippen LogP contribution in [0.1, 0.15) is 22.4 Å². The fourth-order valence-corrected chi connectivity index (χ4v) is 3.32. The molecule has 128 valence electrons. The van der Waals surface area contributed by atoms with Crippen molar-refractivity contribution >= 4 is 0 Å². The van der Waals surface area contributed by atoms with E-state index in [4.69, 9.17) is 11.4 Å². The van der Waals surface area contributed by atoms with Crippen molar-refractivity contribution in [3.05, 3.63) is 81.5 Å². The minimum Gasteiger partial charge on any atom is -0.306 e. The summed E-state index contributed by atoms with van der Waals surface area (Å²) < 4.78 is 0. The average molecular weight is 342 g/mol. The summed E-state index contributed by atoms with van der Waals surface area (Å²) >= 11 is 0. The van der Waals surface area contributed by atoms with Gasteiger partial charge in [0.15, 0.2) is 0 Å². The Hall–Kier alpha value is -3.23. The van der Waals surface area contributed by atoms with Crippen LogP contribution >= 0.6 is 0 Å². The Labute approximate surface area is 151 Å². The van der Waals surface area contributed by atoms with Crippen LogP contribution in [0.3, 0.4) is 0 Å². The number of benzene rings is 1. The second kappa shape index (κ2) is 6.95. The van der Waals surface area contributed by atoms with Crippen LogP contribution in [0.25, 0.3) is 11.4 Å². The molecule has 5 nitrogen and oxygen atoms in total. The molecule has 0 fully saturated rings. The first-order valence-corrected chi connectivity index (χ1v) is 8.54. The number of hydrogen-bond donors (Lipinski definition) is 1. The third-order valence-corrected chi connectivity index (χ3v) is 4.67. The summed E-state index contributed by atoms with van der Waals surface area (Å²) in [6.45, 7) is 2.19. The van der Waals surface area contributed by atoms with Gasteiger partial charge in [-0.2, -0.15) is 0 Å². The highest BCUT2D eigenvalue weighted by Crippen LogP contribution is 2.20. The van der Waals surface area contributed by atoms with E-state index in [0.29, 0.717) is 18.8 Å². The number of hydrogen-bond acceptors (Lipinski definition) is 4. The van der Waals surface area contributed by atoms with E-state index >= 15 is 0 Å². The molecule has 1 N–H and O–H groups in total. The highest BCUT2D eigenvalue weighted by atomic mass is 16.1. The third-order valence-electron chi connectivity index (χ3n) is 4.67. The second-order valence-corrected chi connectivity index (χ2v) is 6.34. The lowest BCUT2D eigenvalue weighted by molar-refractivity contribution is 0.240. The lowest BCUT2D eigenvalue weighted by Gasteiger charge is -2.28. The molecule has 0 spiro atoms. The van der Waals surface area contributed by atoms with Gasteiger partial charge in [-0.25, -0.2) is 4.98 Å². The van der Waals surface area contributed by atoms with Gasteiger partial charge in [0.2, 0.25) is 0 Å². The van der Waals surface area contributed by atoms with Crippen molar-refractivity contribution in [1.29, 1.82) is 0 Å². The topological polar surface area (TPSA) is 61.9 Å². The maximum Gasteiger partial charge on any atom is 0.254 e. The van der Waals surface area contributed by atoms with Gasteiger partial charge >= 0.3 is 0 Å². The first-order chi connectivity index (χ1) is 12.7. The smallest absolute Gasteiger partial charge is 0.254 e. The molecular formula is C21H18N4O. The molecule has 0 amide bonds. The highest BCUT2D eigenvalue weighted by molar-refractivity contribution is 5.54. The van der Waals surface area contributed by atoms with E-state index in [0.717, 1.165) is 41.0 Å². The van der Waals surface area contributed by atoms with E-state index in [1.165, 1.54) is 0 Å². The van der Waals surface area contributed by atoms with Crippen LogP contribution in [-0.2, 0) is 19.5 Å². The van der Waals surface area contributed by atoms with Crippen LogP contribution < -0.4 is 5.56 Å². The maximum absolute atomic E-state index is 12.5. The predicted octanol–water partition coefficient (Wildman–Crippen LogP) is 2.37. The molecule has 1 aromatic carbocycles. The Morgan fingerprint density at radius 1 is 1.19 bits per heavy atom. The molecule has 0 radical (unpaired) electrons. The molecule has 1 aliphatic rings. The van der Waals surface area contributed by atoms with Crippen molar-refractivity contribution in [1.82, 2.24) is 19.9 Å². The summed E-state index contributed by atoms with van der Waals surface area (Å²) in [5.41, 5.74) is 4.46. The van der Waals surface area contributed by atoms with E-state index in [2.05, 4.69) is 26.9 Å². The van der Waals surface area contributed by atoms with Gasteiger partial charge in [0, 0.05) is 48.7 Å². The SMILES string of the molecule is C#Cc1ccccc1CN1CCc2c(nc(-c3ccncc3)[nH]c2=O)C1. The van der Waals surface area contributed by atoms with Crippen LogP contribution in [0.15, 0.2) is 53.6 Å². The normalized spacial score (nSPS) is 13.8. The molecule has 0 unspecified atom stereocenters. The Kier molecular flexibility index (Phi) is 4.34. The van der Waals surface area contributed by atoms with E-state index in [1.807, 2.05) is 30.3 Å². The van der Waals surface area contributed by atoms with Crippen molar-refractivity contribution in [3.63, 3.8) is 0 Å². The Bertz CT molecular complexity index is 1030. The van der Waals surface area contributed by atoms with E-state index < -0.39 is 0 Å². The summed E-state index contributed by atoms with van der Waals surface area (Å²) in [5, 5.41) is 0. The maximum atomic E-state index is 12.5. The molecule has 1 aliphatic heterocycles. The molecule has 3 heterocycles. The largest absolute Gasteiger partial charge is 0.306 e. The number of fused-ring (bicyclic) bond motifs is 1. The van der Waals surface area contributed by atoms with E-state index in [-0.39, 0.29) is 5.56 Å². The van der Waals surface area contributed by atoms with Crippen LogP contribution in [0.2, 0.25) is 0 Å². The average Bonchev–Trinajstić information content (AvgIpc) is 2.69. The highest BCUT2D eigenvalue weighted by Gasteiger charge is 2.22. The molecule has 26 heavy (non-hydrogen) atoms. The predicted molar refractivity (Wildman–Crippen MR) is 100 cm³/mol. The van der Waals surface area contributed by atoms with E-state index in [1.54, 1.807) is 12.4 Å². The number of aromatic amines is 1. The second-order valence-electron chi connectivity index (χ2n) is 6.34. The molecule has 0 atom stereocenters. The lowest BCUT2D eigenvalue weighted by atomic mass is 10.0. The van der Waals surface area contributed by atoms with Crippen molar-refractivity contribution in [2.45, 2.75) is 19.5 Å². The monoisotopic (exact) mass is 342 g/mol. The van der Waals surface area contributed by atoms with Crippen molar-refractivity contribution < 1.29 is 0 Å². The number of H-pyrrole nitrogens is 1. The van der Waals surface area contributed by atoms with Crippen LogP contribution in [-0.4, -0.2) is 26.4 Å². The Morgan fingerprint density at radius 2 is 2.00 bits per heavy atom. The van der Waals surface area contributed by atoms with Crippen molar-refractivity contribution in [2.24, 2.45) is 0 Å². The zero-order chi connectivity index (χ0) is 17.9. The van der Waals surface area contributed by atoms with Gasteiger partial charge in [0.1, 0.15) is 5.82 Å². The summed E-state index contributed by atoms with van der Waals surface area (Å²) in [6, 6.07) is 11.6. The fraction of sp³-hybridized carbons (Fsp3) is 0.190. The minimum atomic E-state index is -0.0505. The summed E-state index contributed by atoms with van der Waals surface area (Å²) in [5.74, 6) is 3.33. The first-order valence-electron chi connectivity index (χ1n) is 8.54. The van der Waals surface area contributed by atoms with Gasteiger partial charge in [-0.3, -0.25) is 14.7 Å². The molecule has 0 saturated carbocycles. The van der Waals surface area contributed by atoms with Crippen LogP contribution in [0, 0.1) is 12.3 Å². The summed E-state index contributed by atoms with van der Waals surface area (Å²) in [7, 11) is 0. The minimum absolute atomic E-state index is 0.0505. The number of nitrogens with one attached hydrogen (secondary N) is 1. The number of terminal acetylenes is 1. The molecule has 0 bridgehead atoms. The quantitative estimate of drug-likeness (QED) is 0.743. The van der Waals surface area contributed by atoms with Gasteiger partial charge < -0.3 is 4.98 Å². The van der Waals surface area contributed by atoms with Crippen molar-refractivity contribution in [3.8, 4) is 23.7 Å². The zero-order valence-electron chi connectivity index (χ0n) is 14.3. The molecule has 2 aromatic heterocycles. The third kappa shape index (κ3) is 3.15. The standard InChI is InChI=1S/C21H18N4O/c1-2-15-5-3-4-6-17(15)13-25-12-9-18-19(14-25)23-20(24-21(18)26)16-7-10-22-11-8-16/h1,3-8,10-11H,9,12-14H2,(H,23,24,26). The zero-order valence-corrected chi connectivity index (χ0v) is 14.3. The Morgan fingerprint density at radius 3 is 2.81 bits per heavy atom. The summed E-state index contributed by atoms with van der Waals surface area (Å²) in [6.07, 6.45) is 9.68. The van der Waals surface area contributed by atoms with Crippen LogP contribution in [0.5, 0.6) is 0 Å². The van der Waals surface area contributed by atoms with Gasteiger partial charge in [-0.1, -0.05) is 24.1 Å². The van der Waals surface area contributed by atoms with Gasteiger partial charge in [0.25, 0.3) is 5.56 Å². The van der Waals surface area contributed by atoms with Crippen LogP contribution in [0.4, 0.5) is 0 Å². The molecule has 3 aromatic rings. The molecular weight excluding hydrogens is 324 g/mol. The number of pyridine rings is 1. The molecule has 4 rings (SSSR count). The number of nitrogens with zero attached hydrogens (tertiary/aromatic N) is 3. The number of rotatable bonds is 3. The van der Waals surface area contributed by atoms with Gasteiger partial charge in [-0.05, 0) is 30.2 Å². The lowest BCUT2D eigenvalue weighted by Crippen LogP contribution is -2.35. The van der Waals surface area contributed by atoms with Gasteiger partial charge in [0.05, 0.1) is 5.69 Å². The molecule has 0 saturated heterocycles. The summed E-state index contributed by atoms with van der Waals surface area (Å²) in [4.78, 5) is 26.4. The van der Waals surface area contributed by atoms with Gasteiger partial charge in [-0.15, -0.1) is 6.42 Å². The van der Waals surface area contributed by atoms with Crippen molar-refractivity contribution in [2.75, 3.05) is 6.54 Å². The Balaban J connectivity index is 1.63.